The molecule has 38 heavy (non-hydrogen) atoms. The molecule has 3 atom stereocenters. The number of sulfone groups is 1. The van der Waals surface area contributed by atoms with Crippen LogP contribution < -0.4 is 10.1 Å². The van der Waals surface area contributed by atoms with Crippen molar-refractivity contribution < 1.29 is 31.8 Å². The van der Waals surface area contributed by atoms with Gasteiger partial charge >= 0.3 is 6.09 Å². The largest absolute Gasteiger partial charge is 0.474 e. The van der Waals surface area contributed by atoms with Gasteiger partial charge < -0.3 is 19.5 Å². The molecule has 206 valence electrons. The molecule has 0 radical (unpaired) electrons. The molecule has 1 N–H and O–H groups in total. The summed E-state index contributed by atoms with van der Waals surface area (Å²) in [7, 11) is -3.52. The summed E-state index contributed by atoms with van der Waals surface area (Å²) in [5.41, 5.74) is 0.668. The highest BCUT2D eigenvalue weighted by atomic mass is 32.2. The average molecular weight is 549 g/mol. The lowest BCUT2D eigenvalue weighted by molar-refractivity contribution is -0.0962. The second kappa shape index (κ2) is 11.0. The maximum Gasteiger partial charge on any atom is 0.410 e. The van der Waals surface area contributed by atoms with Crippen LogP contribution in [-0.4, -0.2) is 73.1 Å². The summed E-state index contributed by atoms with van der Waals surface area (Å²) in [6.45, 7) is 2.62. The van der Waals surface area contributed by atoms with E-state index < -0.39 is 15.7 Å². The molecular weight excluding hydrogens is 515 g/mol. The Morgan fingerprint density at radius 2 is 1.82 bits per heavy atom. The van der Waals surface area contributed by atoms with E-state index >= 15 is 0 Å². The number of amides is 1. The lowest BCUT2D eigenvalue weighted by atomic mass is 9.92. The van der Waals surface area contributed by atoms with Gasteiger partial charge in [0.05, 0.1) is 41.4 Å². The number of piperidine rings is 1. The molecule has 2 unspecified atom stereocenters. The highest BCUT2D eigenvalue weighted by molar-refractivity contribution is 7.90. The molecule has 2 bridgehead atoms. The van der Waals surface area contributed by atoms with Crippen molar-refractivity contribution in [2.75, 3.05) is 24.8 Å². The third kappa shape index (κ3) is 5.85. The first kappa shape index (κ1) is 26.6. The minimum absolute atomic E-state index is 0.00567. The van der Waals surface area contributed by atoms with Gasteiger partial charge in [0.1, 0.15) is 30.2 Å². The number of nitrogens with zero attached hydrogens (tertiary/aromatic N) is 3. The molecule has 3 aliphatic rings. The summed E-state index contributed by atoms with van der Waals surface area (Å²) in [6, 6.07) is 3.37. The fraction of sp³-hybridized carbons (Fsp3) is 0.577. The summed E-state index contributed by atoms with van der Waals surface area (Å²) in [4.78, 5) is 23.3. The number of rotatable bonds is 6. The molecule has 2 aliphatic heterocycles. The number of benzene rings is 1. The van der Waals surface area contributed by atoms with Crippen LogP contribution in [0.1, 0.15) is 50.5 Å². The predicted molar refractivity (Wildman–Crippen MR) is 137 cm³/mol. The quantitative estimate of drug-likeness (QED) is 0.568. The Balaban J connectivity index is 1.26. The number of aromatic nitrogens is 2. The zero-order valence-electron chi connectivity index (χ0n) is 21.6. The summed E-state index contributed by atoms with van der Waals surface area (Å²) >= 11 is 0. The third-order valence-electron chi connectivity index (χ3n) is 7.45. The Morgan fingerprint density at radius 1 is 1.11 bits per heavy atom. The van der Waals surface area contributed by atoms with E-state index in [-0.39, 0.29) is 41.0 Å². The number of hydrogen-bond acceptors (Lipinski definition) is 9. The fourth-order valence-electron chi connectivity index (χ4n) is 5.44. The van der Waals surface area contributed by atoms with Crippen LogP contribution in [0.2, 0.25) is 0 Å². The predicted octanol–water partition coefficient (Wildman–Crippen LogP) is 4.15. The smallest absolute Gasteiger partial charge is 0.410 e. The van der Waals surface area contributed by atoms with Gasteiger partial charge in [-0.2, -0.15) is 0 Å². The van der Waals surface area contributed by atoms with Gasteiger partial charge in [-0.25, -0.2) is 27.6 Å². The highest BCUT2D eigenvalue weighted by Gasteiger charge is 2.44. The van der Waals surface area contributed by atoms with Crippen molar-refractivity contribution in [3.05, 3.63) is 35.9 Å². The number of carbonyl (C=O) groups excluding carboxylic acids is 1. The van der Waals surface area contributed by atoms with E-state index in [1.54, 1.807) is 6.92 Å². The van der Waals surface area contributed by atoms with Crippen LogP contribution in [0.3, 0.4) is 0 Å². The van der Waals surface area contributed by atoms with Gasteiger partial charge in [0.25, 0.3) is 0 Å². The van der Waals surface area contributed by atoms with E-state index in [4.69, 9.17) is 14.2 Å². The van der Waals surface area contributed by atoms with Gasteiger partial charge in [-0.05, 0) is 50.8 Å². The highest BCUT2D eigenvalue weighted by Crippen LogP contribution is 2.34. The monoisotopic (exact) mass is 548 g/mol. The number of hydrogen-bond donors (Lipinski definition) is 1. The van der Waals surface area contributed by atoms with Crippen molar-refractivity contribution in [3.63, 3.8) is 0 Å². The van der Waals surface area contributed by atoms with E-state index in [2.05, 4.69) is 15.3 Å². The summed E-state index contributed by atoms with van der Waals surface area (Å²) in [6.07, 6.45) is 8.27. The van der Waals surface area contributed by atoms with Crippen LogP contribution in [0.25, 0.3) is 0 Å². The minimum Gasteiger partial charge on any atom is -0.474 e. The van der Waals surface area contributed by atoms with Crippen LogP contribution >= 0.6 is 0 Å². The molecule has 10 nitrogen and oxygen atoms in total. The van der Waals surface area contributed by atoms with Crippen molar-refractivity contribution in [1.82, 2.24) is 14.9 Å². The number of anilines is 2. The Morgan fingerprint density at radius 3 is 2.47 bits per heavy atom. The van der Waals surface area contributed by atoms with E-state index in [0.29, 0.717) is 43.3 Å². The van der Waals surface area contributed by atoms with E-state index in [0.717, 1.165) is 38.0 Å². The van der Waals surface area contributed by atoms with Gasteiger partial charge in [-0.15, -0.1) is 0 Å². The molecule has 5 rings (SSSR count). The van der Waals surface area contributed by atoms with Gasteiger partial charge in [0.2, 0.25) is 5.88 Å². The summed E-state index contributed by atoms with van der Waals surface area (Å²) in [5, 5.41) is 2.91. The molecule has 2 aromatic rings. The fourth-order valence-corrected chi connectivity index (χ4v) is 6.07. The van der Waals surface area contributed by atoms with Crippen LogP contribution in [0.5, 0.6) is 5.88 Å². The Kier molecular flexibility index (Phi) is 7.71. The SMILES string of the molecule is Cc1c(Nc2ccc(S(C)(=O)=O)cc2F)ncnc1OC1CC2COC[C@@H](C1)N2C(=O)OC1CCCCC1. The number of morpholine rings is 1. The van der Waals surface area contributed by atoms with Gasteiger partial charge in [-0.3, -0.25) is 4.90 Å². The number of carbonyl (C=O) groups is 1. The number of nitrogens with one attached hydrogen (secondary N) is 1. The first-order chi connectivity index (χ1) is 18.2. The Labute approximate surface area is 221 Å². The van der Waals surface area contributed by atoms with Gasteiger partial charge in [-0.1, -0.05) is 6.42 Å². The molecule has 3 heterocycles. The first-order valence-corrected chi connectivity index (χ1v) is 14.9. The van der Waals surface area contributed by atoms with Crippen molar-refractivity contribution in [3.8, 4) is 5.88 Å². The summed E-state index contributed by atoms with van der Waals surface area (Å²) < 4.78 is 55.9. The van der Waals surface area contributed by atoms with Crippen LogP contribution in [0, 0.1) is 12.7 Å². The van der Waals surface area contributed by atoms with Crippen molar-refractivity contribution in [1.29, 1.82) is 0 Å². The average Bonchev–Trinajstić information content (AvgIpc) is 2.87. The molecule has 1 aromatic heterocycles. The molecule has 12 heteroatoms. The molecule has 1 saturated carbocycles. The second-order valence-electron chi connectivity index (χ2n) is 10.3. The molecular formula is C26H33FN4O6S. The maximum atomic E-state index is 14.6. The lowest BCUT2D eigenvalue weighted by Crippen LogP contribution is -2.61. The van der Waals surface area contributed by atoms with Crippen LogP contribution in [0.4, 0.5) is 20.7 Å². The number of fused-ring (bicyclic) bond motifs is 2. The molecule has 3 fully saturated rings. The van der Waals surface area contributed by atoms with E-state index in [1.807, 2.05) is 4.90 Å². The van der Waals surface area contributed by atoms with E-state index in [1.165, 1.54) is 24.9 Å². The van der Waals surface area contributed by atoms with Crippen LogP contribution in [-0.2, 0) is 19.3 Å². The van der Waals surface area contributed by atoms with Crippen molar-refractivity contribution >= 4 is 27.4 Å². The van der Waals surface area contributed by atoms with Gasteiger partial charge in [0.15, 0.2) is 9.84 Å². The third-order valence-corrected chi connectivity index (χ3v) is 8.56. The molecule has 0 spiro atoms. The molecule has 1 aromatic carbocycles. The normalized spacial score (nSPS) is 24.1. The van der Waals surface area contributed by atoms with E-state index in [9.17, 15) is 17.6 Å². The van der Waals surface area contributed by atoms with Crippen molar-refractivity contribution in [2.45, 2.75) is 81.1 Å². The second-order valence-corrected chi connectivity index (χ2v) is 12.3. The summed E-state index contributed by atoms with van der Waals surface area (Å²) in [5.74, 6) is -0.00960. The molecule has 1 aliphatic carbocycles. The lowest BCUT2D eigenvalue weighted by Gasteiger charge is -2.47. The molecule has 1 amide bonds. The Bertz CT molecular complexity index is 1270. The number of halogens is 1. The topological polar surface area (TPSA) is 120 Å². The maximum absolute atomic E-state index is 14.6. The minimum atomic E-state index is -3.52. The van der Waals surface area contributed by atoms with Gasteiger partial charge in [0, 0.05) is 19.1 Å². The zero-order valence-corrected chi connectivity index (χ0v) is 22.4. The Hall–Kier alpha value is -2.99. The number of ether oxygens (including phenoxy) is 3. The first-order valence-electron chi connectivity index (χ1n) is 13.0. The van der Waals surface area contributed by atoms with Crippen molar-refractivity contribution in [2.24, 2.45) is 0 Å². The molecule has 2 saturated heterocycles. The van der Waals surface area contributed by atoms with Crippen LogP contribution in [0.15, 0.2) is 29.4 Å². The standard InChI is InChI=1S/C26H33FN4O6S/c1-16-24(30-23-9-8-21(12-22(23)27)38(2,33)34)28-15-29-25(16)36-20-10-17-13-35-14-18(11-20)31(17)26(32)37-19-6-4-3-5-7-19/h8-9,12,15,17-20H,3-7,10-11,13-14H2,1-2H3,(H,28,29,30)/t17-,18?,20?/m1/s1. The zero-order chi connectivity index (χ0) is 26.9.